The van der Waals surface area contributed by atoms with E-state index in [1.165, 1.54) is 0 Å². The third-order valence-electron chi connectivity index (χ3n) is 2.50. The summed E-state index contributed by atoms with van der Waals surface area (Å²) in [6, 6.07) is 5.71. The number of furan rings is 2. The van der Waals surface area contributed by atoms with Crippen molar-refractivity contribution in [2.45, 2.75) is 6.61 Å². The van der Waals surface area contributed by atoms with E-state index in [0.717, 1.165) is 27.5 Å². The Morgan fingerprint density at radius 1 is 1.20 bits per heavy atom. The molecule has 0 aliphatic heterocycles. The summed E-state index contributed by atoms with van der Waals surface area (Å²) in [4.78, 5) is 4.68. The molecule has 0 saturated heterocycles. The second kappa shape index (κ2) is 3.12. The van der Waals surface area contributed by atoms with Gasteiger partial charge in [0, 0.05) is 16.3 Å². The lowest BCUT2D eigenvalue weighted by Crippen LogP contribution is -1.99. The summed E-state index contributed by atoms with van der Waals surface area (Å²) in [6.45, 7) is 0.306. The van der Waals surface area contributed by atoms with Crippen LogP contribution in [0.25, 0.3) is 21.9 Å². The first-order valence-corrected chi connectivity index (χ1v) is 4.58. The largest absolute Gasteiger partial charge is 0.464 e. The Labute approximate surface area is 85.2 Å². The van der Waals surface area contributed by atoms with Crippen LogP contribution in [0.4, 0.5) is 0 Å². The quantitative estimate of drug-likeness (QED) is 0.650. The maximum Gasteiger partial charge on any atom is 0.140 e. The minimum Gasteiger partial charge on any atom is -0.464 e. The highest BCUT2D eigenvalue weighted by molar-refractivity contribution is 5.97. The molecule has 3 aromatic rings. The third-order valence-corrected chi connectivity index (χ3v) is 2.50. The molecule has 1 aromatic carbocycles. The van der Waals surface area contributed by atoms with Crippen LogP contribution in [-0.4, -0.2) is 0 Å². The fourth-order valence-corrected chi connectivity index (χ4v) is 1.85. The van der Waals surface area contributed by atoms with Gasteiger partial charge in [-0.15, -0.1) is 0 Å². The molecular formula is C11H9NO3. The van der Waals surface area contributed by atoms with Gasteiger partial charge in [-0.05, 0) is 18.2 Å². The standard InChI is InChI=1S/C11H9NO3/c12-15-6-9-8-2-4-13-10(8)5-7-1-3-14-11(7)9/h1-5H,6,12H2. The van der Waals surface area contributed by atoms with Crippen LogP contribution >= 0.6 is 0 Å². The number of nitrogens with two attached hydrogens (primary N) is 1. The Bertz CT molecular complexity index is 560. The number of benzene rings is 1. The van der Waals surface area contributed by atoms with Crippen LogP contribution in [0.5, 0.6) is 0 Å². The van der Waals surface area contributed by atoms with Gasteiger partial charge in [-0.3, -0.25) is 4.84 Å². The second-order valence-electron chi connectivity index (χ2n) is 3.34. The predicted octanol–water partition coefficient (Wildman–Crippen LogP) is 2.57. The summed E-state index contributed by atoms with van der Waals surface area (Å²) < 4.78 is 10.7. The van der Waals surface area contributed by atoms with Crippen molar-refractivity contribution in [3.63, 3.8) is 0 Å². The van der Waals surface area contributed by atoms with Gasteiger partial charge in [0.2, 0.25) is 0 Å². The zero-order chi connectivity index (χ0) is 10.3. The third kappa shape index (κ3) is 1.16. The molecule has 0 amide bonds. The summed E-state index contributed by atoms with van der Waals surface area (Å²) in [5.74, 6) is 5.11. The van der Waals surface area contributed by atoms with Crippen molar-refractivity contribution < 1.29 is 13.7 Å². The minimum atomic E-state index is 0.306. The van der Waals surface area contributed by atoms with Crippen molar-refractivity contribution in [3.8, 4) is 0 Å². The lowest BCUT2D eigenvalue weighted by molar-refractivity contribution is 0.125. The molecule has 0 aliphatic rings. The van der Waals surface area contributed by atoms with Gasteiger partial charge in [0.25, 0.3) is 0 Å². The smallest absolute Gasteiger partial charge is 0.140 e. The maximum absolute atomic E-state index is 5.40. The first kappa shape index (κ1) is 8.52. The van der Waals surface area contributed by atoms with E-state index >= 15 is 0 Å². The summed E-state index contributed by atoms with van der Waals surface area (Å²) in [6.07, 6.45) is 3.28. The lowest BCUT2D eigenvalue weighted by Gasteiger charge is -2.01. The van der Waals surface area contributed by atoms with Crippen molar-refractivity contribution in [1.82, 2.24) is 0 Å². The van der Waals surface area contributed by atoms with Gasteiger partial charge in [-0.1, -0.05) is 0 Å². The average Bonchev–Trinajstić information content (AvgIpc) is 2.84. The van der Waals surface area contributed by atoms with Gasteiger partial charge in [0.15, 0.2) is 0 Å². The molecule has 2 aromatic heterocycles. The van der Waals surface area contributed by atoms with E-state index in [-0.39, 0.29) is 0 Å². The van der Waals surface area contributed by atoms with Gasteiger partial charge in [0.05, 0.1) is 19.1 Å². The molecule has 2 N–H and O–H groups in total. The van der Waals surface area contributed by atoms with E-state index < -0.39 is 0 Å². The van der Waals surface area contributed by atoms with Gasteiger partial charge >= 0.3 is 0 Å². The van der Waals surface area contributed by atoms with E-state index in [2.05, 4.69) is 4.84 Å². The zero-order valence-electron chi connectivity index (χ0n) is 7.90. The molecule has 0 bridgehead atoms. The van der Waals surface area contributed by atoms with Gasteiger partial charge < -0.3 is 8.83 Å². The Hall–Kier alpha value is -1.78. The molecule has 2 heterocycles. The number of rotatable bonds is 2. The zero-order valence-corrected chi connectivity index (χ0v) is 7.90. The van der Waals surface area contributed by atoms with E-state index in [1.54, 1.807) is 12.5 Å². The Morgan fingerprint density at radius 3 is 2.93 bits per heavy atom. The van der Waals surface area contributed by atoms with Crippen molar-refractivity contribution in [1.29, 1.82) is 0 Å². The van der Waals surface area contributed by atoms with Gasteiger partial charge in [0.1, 0.15) is 11.2 Å². The van der Waals surface area contributed by atoms with E-state index in [0.29, 0.717) is 6.61 Å². The first-order chi connectivity index (χ1) is 7.40. The predicted molar refractivity (Wildman–Crippen MR) is 55.0 cm³/mol. The molecule has 4 nitrogen and oxygen atoms in total. The van der Waals surface area contributed by atoms with Crippen molar-refractivity contribution in [2.24, 2.45) is 5.90 Å². The summed E-state index contributed by atoms with van der Waals surface area (Å²) in [7, 11) is 0. The van der Waals surface area contributed by atoms with Crippen LogP contribution in [0.1, 0.15) is 5.56 Å². The molecule has 0 fully saturated rings. The first-order valence-electron chi connectivity index (χ1n) is 4.58. The average molecular weight is 203 g/mol. The molecule has 4 heteroatoms. The monoisotopic (exact) mass is 203 g/mol. The molecule has 76 valence electrons. The minimum absolute atomic E-state index is 0.306. The Morgan fingerprint density at radius 2 is 2.07 bits per heavy atom. The topological polar surface area (TPSA) is 61.5 Å². The molecule has 0 aliphatic carbocycles. The van der Waals surface area contributed by atoms with E-state index in [9.17, 15) is 0 Å². The molecule has 0 saturated carbocycles. The molecule has 0 radical (unpaired) electrons. The molecule has 0 unspecified atom stereocenters. The molecule has 3 rings (SSSR count). The normalized spacial score (nSPS) is 11.5. The van der Waals surface area contributed by atoms with Crippen LogP contribution in [0.15, 0.2) is 39.6 Å². The highest BCUT2D eigenvalue weighted by atomic mass is 16.6. The number of fused-ring (bicyclic) bond motifs is 2. The fourth-order valence-electron chi connectivity index (χ4n) is 1.85. The summed E-state index contributed by atoms with van der Waals surface area (Å²) >= 11 is 0. The fraction of sp³-hybridized carbons (Fsp3) is 0.0909. The highest BCUT2D eigenvalue weighted by Crippen LogP contribution is 2.30. The van der Waals surface area contributed by atoms with Crippen molar-refractivity contribution in [2.75, 3.05) is 0 Å². The highest BCUT2D eigenvalue weighted by Gasteiger charge is 2.11. The van der Waals surface area contributed by atoms with Gasteiger partial charge in [-0.25, -0.2) is 5.90 Å². The van der Waals surface area contributed by atoms with Crippen molar-refractivity contribution in [3.05, 3.63) is 36.3 Å². The van der Waals surface area contributed by atoms with Crippen LogP contribution in [0.3, 0.4) is 0 Å². The summed E-state index contributed by atoms with van der Waals surface area (Å²) in [5, 5.41) is 1.97. The number of hydrogen-bond acceptors (Lipinski definition) is 4. The van der Waals surface area contributed by atoms with Crippen LogP contribution < -0.4 is 5.90 Å². The second-order valence-corrected chi connectivity index (χ2v) is 3.34. The molecular weight excluding hydrogens is 194 g/mol. The maximum atomic E-state index is 5.40. The Balaban J connectivity index is 2.45. The van der Waals surface area contributed by atoms with Crippen molar-refractivity contribution >= 4 is 21.9 Å². The Kier molecular flexibility index (Phi) is 1.77. The molecule has 0 atom stereocenters. The van der Waals surface area contributed by atoms with E-state index in [1.807, 2.05) is 18.2 Å². The lowest BCUT2D eigenvalue weighted by atomic mass is 10.1. The SMILES string of the molecule is NOCc1c2ccoc2cc2ccoc12. The summed E-state index contributed by atoms with van der Waals surface area (Å²) in [5.41, 5.74) is 2.54. The van der Waals surface area contributed by atoms with Gasteiger partial charge in [-0.2, -0.15) is 0 Å². The van der Waals surface area contributed by atoms with E-state index in [4.69, 9.17) is 14.7 Å². The van der Waals surface area contributed by atoms with Crippen LogP contribution in [0.2, 0.25) is 0 Å². The van der Waals surface area contributed by atoms with Crippen LogP contribution in [0, 0.1) is 0 Å². The van der Waals surface area contributed by atoms with Crippen LogP contribution in [-0.2, 0) is 11.4 Å². The number of hydrogen-bond donors (Lipinski definition) is 1. The molecule has 15 heavy (non-hydrogen) atoms. The molecule has 0 spiro atoms.